The number of benzene rings is 1. The van der Waals surface area contributed by atoms with Gasteiger partial charge in [-0.1, -0.05) is 18.2 Å². The number of fused-ring (bicyclic) bond motifs is 1. The first-order chi connectivity index (χ1) is 7.88. The summed E-state index contributed by atoms with van der Waals surface area (Å²) in [6.45, 7) is 0. The Morgan fingerprint density at radius 3 is 2.65 bits per heavy atom. The summed E-state index contributed by atoms with van der Waals surface area (Å²) in [5, 5.41) is 8.88. The summed E-state index contributed by atoms with van der Waals surface area (Å²) in [6, 6.07) is 5.23. The van der Waals surface area contributed by atoms with E-state index < -0.39 is 17.9 Å². The highest BCUT2D eigenvalue weighted by Crippen LogP contribution is 2.34. The average Bonchev–Trinajstić information content (AvgIpc) is 2.60. The molecule has 0 aliphatic carbocycles. The highest BCUT2D eigenvalue weighted by atomic mass is 19.4. The third-order valence-electron chi connectivity index (χ3n) is 2.25. The second-order valence-electron chi connectivity index (χ2n) is 3.51. The summed E-state index contributed by atoms with van der Waals surface area (Å²) in [6.07, 6.45) is -4.94. The molecule has 90 valence electrons. The second kappa shape index (κ2) is 3.80. The van der Waals surface area contributed by atoms with Gasteiger partial charge in [-0.2, -0.15) is 13.2 Å². The number of para-hydroxylation sites is 1. The van der Waals surface area contributed by atoms with Gasteiger partial charge in [0.15, 0.2) is 0 Å². The third-order valence-corrected chi connectivity index (χ3v) is 2.25. The molecule has 3 nitrogen and oxygen atoms in total. The number of alkyl halides is 3. The van der Waals surface area contributed by atoms with Crippen molar-refractivity contribution < 1.29 is 27.5 Å². The van der Waals surface area contributed by atoms with Gasteiger partial charge in [0.2, 0.25) is 5.76 Å². The van der Waals surface area contributed by atoms with Gasteiger partial charge in [0, 0.05) is 10.9 Å². The van der Waals surface area contributed by atoms with Crippen LogP contribution in [0.25, 0.3) is 11.0 Å². The standard InChI is InChI=1S/C11H7F3O3/c12-11(13,14)8-4-6-2-1-3-7(5-9(15)16)10(6)17-8/h1-4H,5H2,(H,15,16). The Morgan fingerprint density at radius 1 is 1.35 bits per heavy atom. The number of carboxylic acid groups (broad SMARTS) is 1. The van der Waals surface area contributed by atoms with Crippen molar-refractivity contribution in [2.24, 2.45) is 0 Å². The van der Waals surface area contributed by atoms with E-state index in [0.717, 1.165) is 6.07 Å². The SMILES string of the molecule is O=C(O)Cc1cccc2cc(C(F)(F)F)oc12. The highest BCUT2D eigenvalue weighted by molar-refractivity contribution is 5.85. The van der Waals surface area contributed by atoms with Crippen LogP contribution in [0.1, 0.15) is 11.3 Å². The maximum absolute atomic E-state index is 12.4. The number of halogens is 3. The number of furan rings is 1. The highest BCUT2D eigenvalue weighted by Gasteiger charge is 2.35. The minimum absolute atomic E-state index is 0.0257. The lowest BCUT2D eigenvalue weighted by atomic mass is 10.1. The molecule has 1 N–H and O–H groups in total. The molecule has 2 rings (SSSR count). The van der Waals surface area contributed by atoms with Gasteiger partial charge in [0.05, 0.1) is 6.42 Å². The number of hydrogen-bond donors (Lipinski definition) is 1. The monoisotopic (exact) mass is 244 g/mol. The van der Waals surface area contributed by atoms with Gasteiger partial charge < -0.3 is 9.52 Å². The predicted molar refractivity (Wildman–Crippen MR) is 52.6 cm³/mol. The van der Waals surface area contributed by atoms with E-state index in [-0.39, 0.29) is 23.0 Å². The molecule has 0 atom stereocenters. The molecule has 1 aromatic carbocycles. The Balaban J connectivity index is 2.57. The summed E-state index contributed by atoms with van der Waals surface area (Å²) in [4.78, 5) is 10.6. The van der Waals surface area contributed by atoms with E-state index in [4.69, 9.17) is 5.11 Å². The maximum Gasteiger partial charge on any atom is 0.449 e. The Bertz CT molecular complexity index is 569. The van der Waals surface area contributed by atoms with Gasteiger partial charge in [-0.25, -0.2) is 0 Å². The molecule has 0 amide bonds. The Morgan fingerprint density at radius 2 is 2.06 bits per heavy atom. The van der Waals surface area contributed by atoms with E-state index in [1.165, 1.54) is 18.2 Å². The summed E-state index contributed by atoms with van der Waals surface area (Å²) < 4.78 is 41.9. The molecule has 17 heavy (non-hydrogen) atoms. The molecular formula is C11H7F3O3. The van der Waals surface area contributed by atoms with Gasteiger partial charge in [0.25, 0.3) is 0 Å². The number of carbonyl (C=O) groups is 1. The second-order valence-corrected chi connectivity index (χ2v) is 3.51. The van der Waals surface area contributed by atoms with Crippen LogP contribution in [0.4, 0.5) is 13.2 Å². The van der Waals surface area contributed by atoms with Gasteiger partial charge >= 0.3 is 12.1 Å². The molecule has 0 aliphatic rings. The Kier molecular flexibility index (Phi) is 2.57. The quantitative estimate of drug-likeness (QED) is 0.883. The number of aliphatic carboxylic acids is 1. The van der Waals surface area contributed by atoms with Gasteiger partial charge in [-0.15, -0.1) is 0 Å². The van der Waals surface area contributed by atoms with Crippen LogP contribution in [0.3, 0.4) is 0 Å². The maximum atomic E-state index is 12.4. The van der Waals surface area contributed by atoms with Crippen molar-refractivity contribution in [1.29, 1.82) is 0 Å². The molecule has 0 spiro atoms. The first-order valence-electron chi connectivity index (χ1n) is 4.68. The third kappa shape index (κ3) is 2.25. The summed E-state index contributed by atoms with van der Waals surface area (Å²) in [5.41, 5.74) is 0.202. The van der Waals surface area contributed by atoms with Gasteiger partial charge in [0.1, 0.15) is 5.58 Å². The zero-order valence-electron chi connectivity index (χ0n) is 8.41. The summed E-state index contributed by atoms with van der Waals surface area (Å²) >= 11 is 0. The number of rotatable bonds is 2. The van der Waals surface area contributed by atoms with E-state index in [1.54, 1.807) is 0 Å². The lowest BCUT2D eigenvalue weighted by Crippen LogP contribution is -2.02. The first kappa shape index (κ1) is 11.5. The minimum Gasteiger partial charge on any atom is -0.481 e. The molecule has 0 bridgehead atoms. The van der Waals surface area contributed by atoms with E-state index in [0.29, 0.717) is 0 Å². The smallest absolute Gasteiger partial charge is 0.449 e. The van der Waals surface area contributed by atoms with E-state index in [2.05, 4.69) is 4.42 Å². The van der Waals surface area contributed by atoms with E-state index >= 15 is 0 Å². The molecular weight excluding hydrogens is 237 g/mol. The zero-order valence-corrected chi connectivity index (χ0v) is 8.41. The summed E-state index contributed by atoms with van der Waals surface area (Å²) in [5.74, 6) is -2.24. The van der Waals surface area contributed by atoms with Crippen LogP contribution in [-0.2, 0) is 17.4 Å². The molecule has 1 heterocycles. The molecule has 0 saturated carbocycles. The average molecular weight is 244 g/mol. The minimum atomic E-state index is -4.57. The fourth-order valence-electron chi connectivity index (χ4n) is 1.57. The van der Waals surface area contributed by atoms with Crippen LogP contribution in [0.15, 0.2) is 28.7 Å². The van der Waals surface area contributed by atoms with Crippen LogP contribution in [-0.4, -0.2) is 11.1 Å². The first-order valence-corrected chi connectivity index (χ1v) is 4.68. The van der Waals surface area contributed by atoms with Crippen molar-refractivity contribution >= 4 is 16.9 Å². The van der Waals surface area contributed by atoms with Crippen molar-refractivity contribution in [3.8, 4) is 0 Å². The number of carboxylic acids is 1. The van der Waals surface area contributed by atoms with Crippen molar-refractivity contribution in [3.05, 3.63) is 35.6 Å². The fraction of sp³-hybridized carbons (Fsp3) is 0.182. The van der Waals surface area contributed by atoms with Crippen LogP contribution >= 0.6 is 0 Å². The van der Waals surface area contributed by atoms with Crippen LogP contribution in [0, 0.1) is 0 Å². The molecule has 0 radical (unpaired) electrons. The number of hydrogen-bond acceptors (Lipinski definition) is 2. The van der Waals surface area contributed by atoms with Gasteiger partial charge in [-0.3, -0.25) is 4.79 Å². The van der Waals surface area contributed by atoms with Crippen molar-refractivity contribution in [3.63, 3.8) is 0 Å². The van der Waals surface area contributed by atoms with Crippen molar-refractivity contribution in [1.82, 2.24) is 0 Å². The van der Waals surface area contributed by atoms with Crippen LogP contribution < -0.4 is 0 Å². The topological polar surface area (TPSA) is 50.4 Å². The molecule has 0 saturated heterocycles. The molecule has 0 aliphatic heterocycles. The lowest BCUT2D eigenvalue weighted by Gasteiger charge is -2.00. The fourth-order valence-corrected chi connectivity index (χ4v) is 1.57. The van der Waals surface area contributed by atoms with Crippen LogP contribution in [0.2, 0.25) is 0 Å². The lowest BCUT2D eigenvalue weighted by molar-refractivity contribution is -0.152. The largest absolute Gasteiger partial charge is 0.481 e. The molecule has 1 aromatic heterocycles. The van der Waals surface area contributed by atoms with Crippen molar-refractivity contribution in [2.75, 3.05) is 0 Å². The van der Waals surface area contributed by atoms with Crippen molar-refractivity contribution in [2.45, 2.75) is 12.6 Å². The van der Waals surface area contributed by atoms with E-state index in [9.17, 15) is 18.0 Å². The normalized spacial score (nSPS) is 11.9. The van der Waals surface area contributed by atoms with Crippen LogP contribution in [0.5, 0.6) is 0 Å². The molecule has 2 aromatic rings. The molecule has 0 unspecified atom stereocenters. The Labute approximate surface area is 93.5 Å². The van der Waals surface area contributed by atoms with Gasteiger partial charge in [-0.05, 0) is 6.07 Å². The zero-order chi connectivity index (χ0) is 12.6. The molecule has 0 fully saturated rings. The molecule has 6 heteroatoms. The predicted octanol–water partition coefficient (Wildman–Crippen LogP) is 3.08. The Hall–Kier alpha value is -1.98. The van der Waals surface area contributed by atoms with E-state index in [1.807, 2.05) is 0 Å². The summed E-state index contributed by atoms with van der Waals surface area (Å²) in [7, 11) is 0.